The summed E-state index contributed by atoms with van der Waals surface area (Å²) in [5.74, 6) is -1.25. The molecule has 0 spiro atoms. The third-order valence-electron chi connectivity index (χ3n) is 2.83. The molecule has 0 aliphatic heterocycles. The van der Waals surface area contributed by atoms with Crippen LogP contribution in [0, 0.1) is 5.82 Å². The van der Waals surface area contributed by atoms with Crippen LogP contribution in [0.2, 0.25) is 0 Å². The lowest BCUT2D eigenvalue weighted by molar-refractivity contribution is -0.129. The molecule has 1 aliphatic rings. The van der Waals surface area contributed by atoms with E-state index in [-0.39, 0.29) is 11.4 Å². The van der Waals surface area contributed by atoms with E-state index >= 15 is 0 Å². The minimum atomic E-state index is -1.07. The Morgan fingerprint density at radius 1 is 1.37 bits per heavy atom. The number of aliphatic carboxylic acids is 1. The smallest absolute Gasteiger partial charge is 0.350 e. The molecule has 104 valence electrons. The summed E-state index contributed by atoms with van der Waals surface area (Å²) in [6.07, 6.45) is 4.98. The molecule has 0 bridgehead atoms. The van der Waals surface area contributed by atoms with Crippen molar-refractivity contribution < 1.29 is 19.1 Å². The van der Waals surface area contributed by atoms with Crippen molar-refractivity contribution in [3.05, 3.63) is 36.1 Å². The van der Waals surface area contributed by atoms with Crippen molar-refractivity contribution in [1.29, 1.82) is 0 Å². The molecule has 0 amide bonds. The van der Waals surface area contributed by atoms with Crippen molar-refractivity contribution in [3.8, 4) is 0 Å². The van der Waals surface area contributed by atoms with Crippen LogP contribution in [0.25, 0.3) is 0 Å². The Kier molecular flexibility index (Phi) is 5.99. The van der Waals surface area contributed by atoms with E-state index in [1.807, 2.05) is 6.92 Å². The van der Waals surface area contributed by atoms with E-state index in [1.165, 1.54) is 12.1 Å². The molecule has 0 aromatic heterocycles. The van der Waals surface area contributed by atoms with Gasteiger partial charge in [-0.2, -0.15) is 0 Å². The standard InChI is InChI=1S/C8H13NO3.C6H5F/c1-8(4-2-3-5-8)12-9-6-7(10)11;7-6-4-2-1-3-5-6/h6H,2-5H2,1H3,(H,10,11);1-5H/b9-6-;. The fraction of sp³-hybridized carbons (Fsp3) is 0.429. The van der Waals surface area contributed by atoms with E-state index < -0.39 is 5.97 Å². The predicted molar refractivity (Wildman–Crippen MR) is 70.5 cm³/mol. The van der Waals surface area contributed by atoms with Crippen LogP contribution in [-0.4, -0.2) is 22.9 Å². The highest BCUT2D eigenvalue weighted by Crippen LogP contribution is 2.32. The lowest BCUT2D eigenvalue weighted by atomic mass is 10.1. The van der Waals surface area contributed by atoms with Gasteiger partial charge in [-0.1, -0.05) is 23.4 Å². The van der Waals surface area contributed by atoms with Crippen molar-refractivity contribution in [3.63, 3.8) is 0 Å². The molecule has 1 aromatic carbocycles. The summed E-state index contributed by atoms with van der Waals surface area (Å²) in [5, 5.41) is 11.6. The summed E-state index contributed by atoms with van der Waals surface area (Å²) in [7, 11) is 0. The molecule has 19 heavy (non-hydrogen) atoms. The van der Waals surface area contributed by atoms with Crippen molar-refractivity contribution in [2.24, 2.45) is 5.16 Å². The van der Waals surface area contributed by atoms with Crippen LogP contribution in [0.5, 0.6) is 0 Å². The molecule has 1 aromatic rings. The summed E-state index contributed by atoms with van der Waals surface area (Å²) in [5.41, 5.74) is -0.230. The minimum absolute atomic E-state index is 0.178. The van der Waals surface area contributed by atoms with Gasteiger partial charge in [0.2, 0.25) is 0 Å². The van der Waals surface area contributed by atoms with Crippen LogP contribution in [0.4, 0.5) is 4.39 Å². The highest BCUT2D eigenvalue weighted by molar-refractivity contribution is 6.21. The maximum absolute atomic E-state index is 11.9. The summed E-state index contributed by atoms with van der Waals surface area (Å²) >= 11 is 0. The van der Waals surface area contributed by atoms with Gasteiger partial charge in [-0.05, 0) is 44.7 Å². The van der Waals surface area contributed by atoms with Gasteiger partial charge >= 0.3 is 5.97 Å². The van der Waals surface area contributed by atoms with Gasteiger partial charge in [0.25, 0.3) is 0 Å². The first kappa shape index (κ1) is 15.1. The fourth-order valence-corrected chi connectivity index (χ4v) is 1.83. The van der Waals surface area contributed by atoms with E-state index in [1.54, 1.807) is 18.2 Å². The van der Waals surface area contributed by atoms with E-state index in [9.17, 15) is 9.18 Å². The average molecular weight is 267 g/mol. The second kappa shape index (κ2) is 7.51. The van der Waals surface area contributed by atoms with Crippen LogP contribution in [0.3, 0.4) is 0 Å². The summed E-state index contributed by atoms with van der Waals surface area (Å²) in [4.78, 5) is 15.1. The molecule has 1 saturated carbocycles. The van der Waals surface area contributed by atoms with E-state index in [4.69, 9.17) is 9.94 Å². The van der Waals surface area contributed by atoms with E-state index in [2.05, 4.69) is 5.16 Å². The van der Waals surface area contributed by atoms with Gasteiger partial charge in [0, 0.05) is 0 Å². The van der Waals surface area contributed by atoms with Crippen LogP contribution in [0.1, 0.15) is 32.6 Å². The summed E-state index contributed by atoms with van der Waals surface area (Å²) in [6, 6.07) is 7.94. The zero-order chi connectivity index (χ0) is 14.1. The highest BCUT2D eigenvalue weighted by Gasteiger charge is 2.30. The number of oxime groups is 1. The molecule has 0 radical (unpaired) electrons. The van der Waals surface area contributed by atoms with Crippen LogP contribution in [-0.2, 0) is 9.63 Å². The lowest BCUT2D eigenvalue weighted by Crippen LogP contribution is -2.21. The van der Waals surface area contributed by atoms with E-state index in [0.29, 0.717) is 0 Å². The number of carboxylic acid groups (broad SMARTS) is 1. The quantitative estimate of drug-likeness (QED) is 0.675. The molecular weight excluding hydrogens is 249 g/mol. The largest absolute Gasteiger partial charge is 0.477 e. The summed E-state index contributed by atoms with van der Waals surface area (Å²) in [6.45, 7) is 1.96. The number of hydrogen-bond acceptors (Lipinski definition) is 3. The maximum Gasteiger partial charge on any atom is 0.350 e. The summed E-state index contributed by atoms with van der Waals surface area (Å²) < 4.78 is 11.9. The Morgan fingerprint density at radius 2 is 1.95 bits per heavy atom. The second-order valence-electron chi connectivity index (χ2n) is 4.62. The van der Waals surface area contributed by atoms with Gasteiger partial charge in [0.05, 0.1) is 0 Å². The van der Waals surface area contributed by atoms with Crippen molar-refractivity contribution >= 4 is 12.2 Å². The van der Waals surface area contributed by atoms with Gasteiger partial charge in [-0.3, -0.25) is 0 Å². The molecule has 5 heteroatoms. The topological polar surface area (TPSA) is 58.9 Å². The van der Waals surface area contributed by atoms with Gasteiger partial charge < -0.3 is 9.94 Å². The lowest BCUT2D eigenvalue weighted by Gasteiger charge is -2.19. The van der Waals surface area contributed by atoms with Gasteiger partial charge in [0.1, 0.15) is 11.4 Å². The monoisotopic (exact) mass is 267 g/mol. The number of nitrogens with zero attached hydrogens (tertiary/aromatic N) is 1. The molecule has 0 heterocycles. The number of rotatable bonds is 3. The number of hydrogen-bond donors (Lipinski definition) is 1. The molecule has 0 unspecified atom stereocenters. The molecule has 1 N–H and O–H groups in total. The van der Waals surface area contributed by atoms with E-state index in [0.717, 1.165) is 31.9 Å². The average Bonchev–Trinajstić information content (AvgIpc) is 2.77. The third kappa shape index (κ3) is 6.55. The Balaban J connectivity index is 0.000000218. The first-order valence-corrected chi connectivity index (χ1v) is 6.17. The minimum Gasteiger partial charge on any atom is -0.477 e. The van der Waals surface area contributed by atoms with Gasteiger partial charge in [-0.25, -0.2) is 9.18 Å². The zero-order valence-electron chi connectivity index (χ0n) is 10.9. The first-order valence-electron chi connectivity index (χ1n) is 6.17. The normalized spacial score (nSPS) is 16.7. The predicted octanol–water partition coefficient (Wildman–Crippen LogP) is 3.23. The fourth-order valence-electron chi connectivity index (χ4n) is 1.83. The van der Waals surface area contributed by atoms with Crippen molar-refractivity contribution in [2.75, 3.05) is 0 Å². The Bertz CT molecular complexity index is 414. The van der Waals surface area contributed by atoms with Gasteiger partial charge in [0.15, 0.2) is 6.21 Å². The van der Waals surface area contributed by atoms with Gasteiger partial charge in [-0.15, -0.1) is 0 Å². The molecular formula is C14H18FNO3. The molecule has 2 rings (SSSR count). The Labute approximate surface area is 111 Å². The van der Waals surface area contributed by atoms with Crippen LogP contribution < -0.4 is 0 Å². The second-order valence-corrected chi connectivity index (χ2v) is 4.62. The molecule has 4 nitrogen and oxygen atoms in total. The number of carboxylic acids is 1. The molecule has 1 fully saturated rings. The number of benzene rings is 1. The van der Waals surface area contributed by atoms with Crippen LogP contribution >= 0.6 is 0 Å². The number of halogens is 1. The molecule has 1 aliphatic carbocycles. The van der Waals surface area contributed by atoms with Crippen molar-refractivity contribution in [1.82, 2.24) is 0 Å². The zero-order valence-corrected chi connectivity index (χ0v) is 10.9. The maximum atomic E-state index is 11.9. The number of carbonyl (C=O) groups is 1. The first-order chi connectivity index (χ1) is 9.02. The highest BCUT2D eigenvalue weighted by atomic mass is 19.1. The van der Waals surface area contributed by atoms with Crippen molar-refractivity contribution in [2.45, 2.75) is 38.2 Å². The third-order valence-corrected chi connectivity index (χ3v) is 2.83. The van der Waals surface area contributed by atoms with Crippen LogP contribution in [0.15, 0.2) is 35.5 Å². The molecule has 0 saturated heterocycles. The molecule has 0 atom stereocenters. The Morgan fingerprint density at radius 3 is 2.37 bits per heavy atom. The Hall–Kier alpha value is -1.91. The SMILES string of the molecule is CC1(O/N=C\C(=O)O)CCCC1.Fc1ccccc1.